The molecular formula is C23H19N3OS2. The van der Waals surface area contributed by atoms with E-state index in [2.05, 4.69) is 21.6 Å². The number of nitrogens with zero attached hydrogens (tertiary/aromatic N) is 2. The van der Waals surface area contributed by atoms with Crippen LogP contribution in [0.3, 0.4) is 0 Å². The number of amides is 1. The van der Waals surface area contributed by atoms with Crippen molar-refractivity contribution in [3.63, 3.8) is 0 Å². The number of aryl methyl sites for hydroxylation is 1. The molecule has 0 saturated heterocycles. The number of hydrazone groups is 1. The first kappa shape index (κ1) is 19.4. The predicted molar refractivity (Wildman–Crippen MR) is 122 cm³/mol. The van der Waals surface area contributed by atoms with E-state index in [0.29, 0.717) is 5.56 Å². The number of thiazole rings is 1. The van der Waals surface area contributed by atoms with Gasteiger partial charge in [0.1, 0.15) is 0 Å². The third-order valence-electron chi connectivity index (χ3n) is 4.41. The normalized spacial score (nSPS) is 11.2. The molecule has 4 rings (SSSR count). The lowest BCUT2D eigenvalue weighted by atomic mass is 10.1. The molecule has 6 heteroatoms. The van der Waals surface area contributed by atoms with Crippen molar-refractivity contribution in [2.45, 2.75) is 17.0 Å². The number of carbonyl (C=O) groups is 1. The molecule has 0 aliphatic carbocycles. The van der Waals surface area contributed by atoms with Crippen molar-refractivity contribution in [3.8, 4) is 0 Å². The Kier molecular flexibility index (Phi) is 6.03. The maximum atomic E-state index is 12.3. The molecule has 1 aromatic heterocycles. The molecule has 1 N–H and O–H groups in total. The largest absolute Gasteiger partial charge is 0.271 e. The molecule has 0 bridgehead atoms. The fourth-order valence-corrected chi connectivity index (χ4v) is 4.79. The summed E-state index contributed by atoms with van der Waals surface area (Å²) < 4.78 is 2.26. The van der Waals surface area contributed by atoms with Crippen LogP contribution in [0.2, 0.25) is 0 Å². The topological polar surface area (TPSA) is 54.4 Å². The Hall–Kier alpha value is -2.96. The van der Waals surface area contributed by atoms with Gasteiger partial charge in [-0.15, -0.1) is 11.3 Å². The second kappa shape index (κ2) is 9.03. The Bertz CT molecular complexity index is 1130. The number of hydrogen-bond donors (Lipinski definition) is 1. The van der Waals surface area contributed by atoms with Crippen LogP contribution in [0.15, 0.2) is 82.2 Å². The molecule has 0 unspecified atom stereocenters. The number of benzene rings is 3. The van der Waals surface area contributed by atoms with E-state index in [1.165, 1.54) is 4.70 Å². The van der Waals surface area contributed by atoms with Gasteiger partial charge in [0.15, 0.2) is 4.34 Å². The van der Waals surface area contributed by atoms with E-state index in [0.717, 1.165) is 32.3 Å². The molecule has 0 aliphatic heterocycles. The van der Waals surface area contributed by atoms with Crippen molar-refractivity contribution in [3.05, 3.63) is 95.1 Å². The van der Waals surface area contributed by atoms with Crippen LogP contribution >= 0.6 is 23.1 Å². The number of fused-ring (bicyclic) bond motifs is 1. The van der Waals surface area contributed by atoms with Gasteiger partial charge in [-0.25, -0.2) is 10.4 Å². The third-order valence-corrected chi connectivity index (χ3v) is 6.66. The van der Waals surface area contributed by atoms with Gasteiger partial charge in [-0.3, -0.25) is 4.79 Å². The lowest BCUT2D eigenvalue weighted by Gasteiger charge is -2.03. The van der Waals surface area contributed by atoms with E-state index < -0.39 is 0 Å². The highest BCUT2D eigenvalue weighted by Crippen LogP contribution is 2.31. The summed E-state index contributed by atoms with van der Waals surface area (Å²) in [6.07, 6.45) is 1.66. The number of rotatable bonds is 6. The van der Waals surface area contributed by atoms with Crippen LogP contribution in [-0.2, 0) is 5.75 Å². The van der Waals surface area contributed by atoms with E-state index in [4.69, 9.17) is 0 Å². The smallest absolute Gasteiger partial charge is 0.267 e. The Labute approximate surface area is 177 Å². The zero-order chi connectivity index (χ0) is 20.1. The van der Waals surface area contributed by atoms with Gasteiger partial charge in [-0.2, -0.15) is 5.10 Å². The molecular weight excluding hydrogens is 398 g/mol. The number of nitrogens with one attached hydrogen (secondary N) is 1. The van der Waals surface area contributed by atoms with Crippen LogP contribution in [0, 0.1) is 6.92 Å². The van der Waals surface area contributed by atoms with Crippen molar-refractivity contribution < 1.29 is 4.79 Å². The van der Waals surface area contributed by atoms with Crippen molar-refractivity contribution in [1.29, 1.82) is 0 Å². The summed E-state index contributed by atoms with van der Waals surface area (Å²) in [5, 5.41) is 4.06. The summed E-state index contributed by atoms with van der Waals surface area (Å²) in [7, 11) is 0. The van der Waals surface area contributed by atoms with Gasteiger partial charge >= 0.3 is 0 Å². The van der Waals surface area contributed by atoms with Crippen molar-refractivity contribution in [1.82, 2.24) is 10.4 Å². The average Bonchev–Trinajstić information content (AvgIpc) is 3.17. The summed E-state index contributed by atoms with van der Waals surface area (Å²) >= 11 is 3.41. The summed E-state index contributed by atoms with van der Waals surface area (Å²) in [5.74, 6) is 0.591. The van der Waals surface area contributed by atoms with Crippen molar-refractivity contribution >= 4 is 45.4 Å². The Morgan fingerprint density at radius 1 is 1.07 bits per heavy atom. The molecule has 1 amide bonds. The monoisotopic (exact) mass is 417 g/mol. The molecule has 3 aromatic carbocycles. The molecule has 1 heterocycles. The minimum Gasteiger partial charge on any atom is -0.267 e. The molecule has 0 saturated carbocycles. The third kappa shape index (κ3) is 4.91. The van der Waals surface area contributed by atoms with Crippen LogP contribution in [0.5, 0.6) is 0 Å². The first-order chi connectivity index (χ1) is 14.2. The number of aromatic nitrogens is 1. The van der Waals surface area contributed by atoms with Crippen LogP contribution in [0.1, 0.15) is 27.0 Å². The van der Waals surface area contributed by atoms with Gasteiger partial charge in [-0.05, 0) is 47.9 Å². The number of thioether (sulfide) groups is 1. The fraction of sp³-hybridized carbons (Fsp3) is 0.0870. The maximum absolute atomic E-state index is 12.3. The summed E-state index contributed by atoms with van der Waals surface area (Å²) in [6, 6.07) is 23.6. The molecule has 0 radical (unpaired) electrons. The van der Waals surface area contributed by atoms with Crippen molar-refractivity contribution in [2.24, 2.45) is 5.10 Å². The molecule has 0 aliphatic rings. The highest BCUT2D eigenvalue weighted by molar-refractivity contribution is 8.00. The van der Waals surface area contributed by atoms with E-state index >= 15 is 0 Å². The van der Waals surface area contributed by atoms with Gasteiger partial charge in [0.25, 0.3) is 5.91 Å². The fourth-order valence-electron chi connectivity index (χ4n) is 2.77. The van der Waals surface area contributed by atoms with E-state index in [-0.39, 0.29) is 5.91 Å². The zero-order valence-corrected chi connectivity index (χ0v) is 17.5. The molecule has 144 valence electrons. The molecule has 29 heavy (non-hydrogen) atoms. The van der Waals surface area contributed by atoms with Crippen LogP contribution in [0.4, 0.5) is 0 Å². The van der Waals surface area contributed by atoms with E-state index in [1.54, 1.807) is 29.3 Å². The summed E-state index contributed by atoms with van der Waals surface area (Å²) in [4.78, 5) is 16.9. The second-order valence-electron chi connectivity index (χ2n) is 6.49. The van der Waals surface area contributed by atoms with Gasteiger partial charge in [0.05, 0.1) is 16.4 Å². The Balaban J connectivity index is 1.33. The lowest BCUT2D eigenvalue weighted by Crippen LogP contribution is -2.17. The highest BCUT2D eigenvalue weighted by Gasteiger charge is 2.07. The summed E-state index contributed by atoms with van der Waals surface area (Å²) in [6.45, 7) is 2.01. The number of hydrogen-bond acceptors (Lipinski definition) is 5. The zero-order valence-electron chi connectivity index (χ0n) is 15.8. The van der Waals surface area contributed by atoms with Gasteiger partial charge < -0.3 is 0 Å². The number of para-hydroxylation sites is 1. The second-order valence-corrected chi connectivity index (χ2v) is 8.74. The van der Waals surface area contributed by atoms with Gasteiger partial charge in [-0.1, -0.05) is 60.3 Å². The minimum absolute atomic E-state index is 0.222. The minimum atomic E-state index is -0.222. The van der Waals surface area contributed by atoms with Crippen LogP contribution < -0.4 is 5.43 Å². The first-order valence-corrected chi connectivity index (χ1v) is 11.0. The van der Waals surface area contributed by atoms with Gasteiger partial charge in [0, 0.05) is 11.3 Å². The average molecular weight is 418 g/mol. The Morgan fingerprint density at radius 2 is 1.83 bits per heavy atom. The van der Waals surface area contributed by atoms with Crippen LogP contribution in [-0.4, -0.2) is 17.1 Å². The molecule has 0 spiro atoms. The van der Waals surface area contributed by atoms with E-state index in [1.807, 2.05) is 73.7 Å². The Morgan fingerprint density at radius 3 is 2.62 bits per heavy atom. The molecule has 0 fully saturated rings. The molecule has 0 atom stereocenters. The molecule has 4 aromatic rings. The standard InChI is InChI=1S/C23H19N3OS2/c1-16-6-2-3-7-19(16)14-24-26-22(27)18-12-10-17(11-13-18)15-28-23-25-20-8-4-5-9-21(20)29-23/h2-14H,15H2,1H3,(H,26,27). The lowest BCUT2D eigenvalue weighted by molar-refractivity contribution is 0.0955. The quantitative estimate of drug-likeness (QED) is 0.250. The highest BCUT2D eigenvalue weighted by atomic mass is 32.2. The SMILES string of the molecule is Cc1ccccc1C=NNC(=O)c1ccc(CSc2nc3ccccc3s2)cc1. The van der Waals surface area contributed by atoms with Crippen LogP contribution in [0.25, 0.3) is 10.2 Å². The number of carbonyl (C=O) groups excluding carboxylic acids is 1. The predicted octanol–water partition coefficient (Wildman–Crippen LogP) is 5.66. The van der Waals surface area contributed by atoms with E-state index in [9.17, 15) is 4.79 Å². The maximum Gasteiger partial charge on any atom is 0.271 e. The molecule has 4 nitrogen and oxygen atoms in total. The first-order valence-electron chi connectivity index (χ1n) is 9.15. The van der Waals surface area contributed by atoms with Gasteiger partial charge in [0.2, 0.25) is 0 Å². The summed E-state index contributed by atoms with van der Waals surface area (Å²) in [5.41, 5.74) is 7.45. The van der Waals surface area contributed by atoms with Crippen molar-refractivity contribution in [2.75, 3.05) is 0 Å².